The molecule has 38 heavy (non-hydrogen) atoms. The van der Waals surface area contributed by atoms with Gasteiger partial charge in [0.1, 0.15) is 36.6 Å². The average molecular weight is 626 g/mol. The zero-order valence-electron chi connectivity index (χ0n) is 19.2. The molecule has 0 saturated carbocycles. The number of nitrogens with zero attached hydrogens (tertiary/aromatic N) is 1. The average Bonchev–Trinajstić information content (AvgIpc) is 3.10. The number of rotatable bonds is 11. The number of H-pyrrole nitrogens is 1. The molecule has 18 nitrogen and oxygen atoms in total. The molecule has 2 aliphatic heterocycles. The standard InChI is InChI=1S/C16H26N2O16P2S2/c1-37-38-5-7-10(21)11(22)13(24)15(32-7)33-36(28,29)34-35(26,27)30-4-6-9(20)12(23)14(31-6)18-3-2-8(19)17-16(18)25/h2-3,6-7,9-15,20-24H,4-5H2,1H3,(H,26,27)(H,28,29)(H,17,19,25)/p-2. The number of hydrogen-bond donors (Lipinski definition) is 6. The van der Waals surface area contributed by atoms with E-state index < -0.39 is 88.7 Å². The molecular formula is C16H24N2O16P2S2-2. The van der Waals surface area contributed by atoms with Crippen LogP contribution in [0.2, 0.25) is 0 Å². The van der Waals surface area contributed by atoms with Crippen LogP contribution in [0.3, 0.4) is 0 Å². The van der Waals surface area contributed by atoms with Crippen LogP contribution in [0.1, 0.15) is 6.23 Å². The molecule has 11 atom stereocenters. The summed E-state index contributed by atoms with van der Waals surface area (Å²) in [4.78, 5) is 49.3. The van der Waals surface area contributed by atoms with Gasteiger partial charge in [-0.3, -0.25) is 28.0 Å². The maximum absolute atomic E-state index is 12.2. The van der Waals surface area contributed by atoms with Crippen molar-refractivity contribution < 1.29 is 67.3 Å². The number of aromatic nitrogens is 2. The first-order valence-corrected chi connectivity index (χ1v) is 16.2. The summed E-state index contributed by atoms with van der Waals surface area (Å²) in [5.41, 5.74) is -1.75. The lowest BCUT2D eigenvalue weighted by atomic mass is 10.0. The summed E-state index contributed by atoms with van der Waals surface area (Å²) in [7, 11) is -9.17. The maximum Gasteiger partial charge on any atom is 0.330 e. The van der Waals surface area contributed by atoms with Crippen molar-refractivity contribution in [2.24, 2.45) is 0 Å². The fraction of sp³-hybridized carbons (Fsp3) is 0.750. The first-order valence-electron chi connectivity index (χ1n) is 10.5. The van der Waals surface area contributed by atoms with E-state index in [9.17, 15) is 54.0 Å². The van der Waals surface area contributed by atoms with Crippen LogP contribution in [0.25, 0.3) is 0 Å². The highest BCUT2D eigenvalue weighted by Gasteiger charge is 2.47. The molecule has 3 rings (SSSR count). The monoisotopic (exact) mass is 626 g/mol. The third kappa shape index (κ3) is 7.76. The Hall–Kier alpha value is -0.640. The van der Waals surface area contributed by atoms with Gasteiger partial charge in [-0.1, -0.05) is 21.6 Å². The second kappa shape index (κ2) is 12.9. The van der Waals surface area contributed by atoms with E-state index in [2.05, 4.69) is 13.4 Å². The first-order chi connectivity index (χ1) is 17.7. The minimum Gasteiger partial charge on any atom is -0.756 e. The van der Waals surface area contributed by atoms with Gasteiger partial charge in [-0.15, -0.1) is 0 Å². The molecule has 2 saturated heterocycles. The smallest absolute Gasteiger partial charge is 0.330 e. The van der Waals surface area contributed by atoms with E-state index in [1.807, 2.05) is 4.98 Å². The van der Waals surface area contributed by atoms with Gasteiger partial charge in [0.2, 0.25) is 0 Å². The Bertz CT molecular complexity index is 1170. The van der Waals surface area contributed by atoms with E-state index in [0.29, 0.717) is 4.57 Å². The fourth-order valence-electron chi connectivity index (χ4n) is 3.46. The third-order valence-corrected chi connectivity index (χ3v) is 9.66. The minimum atomic E-state index is -5.85. The van der Waals surface area contributed by atoms with Crippen molar-refractivity contribution in [3.8, 4) is 0 Å². The summed E-state index contributed by atoms with van der Waals surface area (Å²) in [5.74, 6) is 0.0426. The zero-order valence-corrected chi connectivity index (χ0v) is 22.6. The lowest BCUT2D eigenvalue weighted by Crippen LogP contribution is -2.58. The van der Waals surface area contributed by atoms with Gasteiger partial charge in [-0.25, -0.2) is 9.11 Å². The van der Waals surface area contributed by atoms with Crippen molar-refractivity contribution in [1.82, 2.24) is 9.55 Å². The highest BCUT2D eigenvalue weighted by Crippen LogP contribution is 2.57. The van der Waals surface area contributed by atoms with Gasteiger partial charge in [0, 0.05) is 18.0 Å². The molecule has 11 unspecified atom stereocenters. The summed E-state index contributed by atoms with van der Waals surface area (Å²) >= 11 is 0. The van der Waals surface area contributed by atoms with Gasteiger partial charge in [0.25, 0.3) is 21.2 Å². The van der Waals surface area contributed by atoms with E-state index in [4.69, 9.17) is 9.47 Å². The molecule has 0 amide bonds. The molecule has 1 aromatic heterocycles. The number of phosphoric acid groups is 2. The molecule has 0 bridgehead atoms. The van der Waals surface area contributed by atoms with E-state index >= 15 is 0 Å². The van der Waals surface area contributed by atoms with Gasteiger partial charge in [0.05, 0.1) is 12.7 Å². The normalized spacial score (nSPS) is 37.0. The Morgan fingerprint density at radius 3 is 2.29 bits per heavy atom. The van der Waals surface area contributed by atoms with Gasteiger partial charge < -0.3 is 49.3 Å². The number of aromatic amines is 1. The van der Waals surface area contributed by atoms with Crippen LogP contribution in [-0.2, 0) is 32.0 Å². The predicted octanol–water partition coefficient (Wildman–Crippen LogP) is -4.04. The Morgan fingerprint density at radius 2 is 1.66 bits per heavy atom. The van der Waals surface area contributed by atoms with E-state index in [-0.39, 0.29) is 5.75 Å². The van der Waals surface area contributed by atoms with Crippen molar-refractivity contribution in [3.05, 3.63) is 33.1 Å². The lowest BCUT2D eigenvalue weighted by Gasteiger charge is -2.42. The summed E-state index contributed by atoms with van der Waals surface area (Å²) in [6.07, 6.45) is -13.0. The lowest BCUT2D eigenvalue weighted by molar-refractivity contribution is -0.298. The number of ether oxygens (including phenoxy) is 2. The Labute approximate surface area is 221 Å². The van der Waals surface area contributed by atoms with Crippen molar-refractivity contribution in [1.29, 1.82) is 0 Å². The molecule has 218 valence electrons. The van der Waals surface area contributed by atoms with Gasteiger partial charge in [-0.05, 0) is 6.26 Å². The first kappa shape index (κ1) is 31.9. The Morgan fingerprint density at radius 1 is 1.00 bits per heavy atom. The quantitative estimate of drug-likeness (QED) is 0.101. The number of hydrogen-bond acceptors (Lipinski definition) is 18. The molecule has 0 radical (unpaired) electrons. The van der Waals surface area contributed by atoms with Gasteiger partial charge in [0.15, 0.2) is 12.5 Å². The van der Waals surface area contributed by atoms with Crippen LogP contribution in [0.4, 0.5) is 0 Å². The molecule has 6 N–H and O–H groups in total. The zero-order chi connectivity index (χ0) is 28.4. The third-order valence-electron chi connectivity index (χ3n) is 5.31. The van der Waals surface area contributed by atoms with Crippen LogP contribution < -0.4 is 21.0 Å². The van der Waals surface area contributed by atoms with Crippen LogP contribution in [-0.4, -0.2) is 103 Å². The summed E-state index contributed by atoms with van der Waals surface area (Å²) in [6.45, 7) is -1.09. The molecule has 0 aliphatic carbocycles. The molecule has 2 fully saturated rings. The SMILES string of the molecule is CSSCC1OC(OP(=O)([O-])OP(=O)([O-])OCC2OC(n3ccc(=O)[nH]c3=O)C(O)C2O)C(O)C(O)C1O. The van der Waals surface area contributed by atoms with Gasteiger partial charge in [-0.2, -0.15) is 0 Å². The topological polar surface area (TPSA) is 282 Å². The van der Waals surface area contributed by atoms with Crippen LogP contribution in [0.5, 0.6) is 0 Å². The number of nitrogens with one attached hydrogen (secondary N) is 1. The van der Waals surface area contributed by atoms with Crippen LogP contribution in [0.15, 0.2) is 21.9 Å². The van der Waals surface area contributed by atoms with E-state index in [1.54, 1.807) is 6.26 Å². The Kier molecular flexibility index (Phi) is 10.8. The fourth-order valence-corrected chi connectivity index (χ4v) is 6.90. The highest BCUT2D eigenvalue weighted by molar-refractivity contribution is 8.76. The number of phosphoric ester groups is 2. The molecule has 0 aromatic carbocycles. The number of aliphatic hydroxyl groups excluding tert-OH is 5. The second-order valence-electron chi connectivity index (χ2n) is 7.91. The van der Waals surface area contributed by atoms with Crippen LogP contribution in [0, 0.1) is 0 Å². The molecule has 0 spiro atoms. The van der Waals surface area contributed by atoms with E-state index in [1.165, 1.54) is 21.6 Å². The van der Waals surface area contributed by atoms with Crippen LogP contribution >= 0.6 is 37.2 Å². The maximum atomic E-state index is 12.2. The van der Waals surface area contributed by atoms with E-state index in [0.717, 1.165) is 12.3 Å². The molecule has 22 heteroatoms. The largest absolute Gasteiger partial charge is 0.756 e. The van der Waals surface area contributed by atoms with Crippen molar-refractivity contribution in [2.45, 2.75) is 55.2 Å². The van der Waals surface area contributed by atoms with Crippen molar-refractivity contribution in [3.63, 3.8) is 0 Å². The summed E-state index contributed by atoms with van der Waals surface area (Å²) in [6, 6.07) is 0.926. The summed E-state index contributed by atoms with van der Waals surface area (Å²) in [5, 5.41) is 50.2. The summed E-state index contributed by atoms with van der Waals surface area (Å²) < 4.78 is 48.2. The van der Waals surface area contributed by atoms with Crippen molar-refractivity contribution >= 4 is 37.2 Å². The highest BCUT2D eigenvalue weighted by atomic mass is 33.1. The van der Waals surface area contributed by atoms with Crippen molar-refractivity contribution in [2.75, 3.05) is 18.6 Å². The second-order valence-corrected chi connectivity index (χ2v) is 13.4. The molecular weight excluding hydrogens is 602 g/mol. The predicted molar refractivity (Wildman–Crippen MR) is 123 cm³/mol. The molecule has 3 heterocycles. The Balaban J connectivity index is 1.61. The minimum absolute atomic E-state index is 0.0426. The molecule has 2 aliphatic rings. The molecule has 1 aromatic rings. The van der Waals surface area contributed by atoms with Gasteiger partial charge >= 0.3 is 5.69 Å². The number of aliphatic hydroxyl groups is 5.